The van der Waals surface area contributed by atoms with Crippen molar-refractivity contribution in [2.24, 2.45) is 0 Å². The van der Waals surface area contributed by atoms with Crippen molar-refractivity contribution in [1.29, 1.82) is 0 Å². The zero-order valence-corrected chi connectivity index (χ0v) is 14.9. The van der Waals surface area contributed by atoms with E-state index in [9.17, 15) is 4.79 Å². The molecule has 0 unspecified atom stereocenters. The molecule has 3 rings (SSSR count). The van der Waals surface area contributed by atoms with Gasteiger partial charge in [0, 0.05) is 22.2 Å². The van der Waals surface area contributed by atoms with Gasteiger partial charge >= 0.3 is 0 Å². The summed E-state index contributed by atoms with van der Waals surface area (Å²) in [4.78, 5) is 14.3. The maximum atomic E-state index is 12.3. The molecule has 0 aromatic heterocycles. The van der Waals surface area contributed by atoms with Crippen LogP contribution in [0.2, 0.25) is 0 Å². The molecule has 1 heterocycles. The van der Waals surface area contributed by atoms with Gasteiger partial charge in [-0.1, -0.05) is 30.3 Å². The standard InChI is InChI=1S/C17H15IN2OS/c18-15-7-3-6-13(10-15)16(21)19-17(22)20-9-8-12-4-1-2-5-14(12)11-20/h1-7,10H,8-9,11H2,(H,19,21,22). The van der Waals surface area contributed by atoms with Crippen molar-refractivity contribution in [3.63, 3.8) is 0 Å². The van der Waals surface area contributed by atoms with Gasteiger partial charge in [-0.3, -0.25) is 10.1 Å². The highest BCUT2D eigenvalue weighted by molar-refractivity contribution is 14.1. The van der Waals surface area contributed by atoms with Gasteiger partial charge in [0.25, 0.3) is 5.91 Å². The van der Waals surface area contributed by atoms with Crippen molar-refractivity contribution >= 4 is 45.8 Å². The van der Waals surface area contributed by atoms with Crippen molar-refractivity contribution in [1.82, 2.24) is 10.2 Å². The predicted octanol–water partition coefficient (Wildman–Crippen LogP) is 3.36. The fraction of sp³-hybridized carbons (Fsp3) is 0.176. The van der Waals surface area contributed by atoms with Gasteiger partial charge < -0.3 is 4.90 Å². The van der Waals surface area contributed by atoms with Gasteiger partial charge in [-0.25, -0.2) is 0 Å². The molecule has 0 spiro atoms. The van der Waals surface area contributed by atoms with E-state index in [1.807, 2.05) is 29.2 Å². The summed E-state index contributed by atoms with van der Waals surface area (Å²) < 4.78 is 1.03. The van der Waals surface area contributed by atoms with E-state index in [2.05, 4.69) is 46.1 Å². The maximum absolute atomic E-state index is 12.3. The lowest BCUT2D eigenvalue weighted by atomic mass is 10.0. The van der Waals surface area contributed by atoms with E-state index in [1.165, 1.54) is 11.1 Å². The zero-order valence-electron chi connectivity index (χ0n) is 11.9. The van der Waals surface area contributed by atoms with Crippen LogP contribution in [0.25, 0.3) is 0 Å². The second-order valence-corrected chi connectivity index (χ2v) is 6.84. The van der Waals surface area contributed by atoms with Gasteiger partial charge in [-0.15, -0.1) is 0 Å². The highest BCUT2D eigenvalue weighted by Gasteiger charge is 2.19. The first-order chi connectivity index (χ1) is 10.6. The number of fused-ring (bicyclic) bond motifs is 1. The molecule has 1 N–H and O–H groups in total. The topological polar surface area (TPSA) is 32.3 Å². The van der Waals surface area contributed by atoms with Crippen LogP contribution in [-0.2, 0) is 13.0 Å². The highest BCUT2D eigenvalue weighted by atomic mass is 127. The van der Waals surface area contributed by atoms with Gasteiger partial charge in [0.05, 0.1) is 0 Å². The van der Waals surface area contributed by atoms with Crippen molar-refractivity contribution in [3.8, 4) is 0 Å². The molecule has 0 aliphatic carbocycles. The average molecular weight is 422 g/mol. The summed E-state index contributed by atoms with van der Waals surface area (Å²) in [6, 6.07) is 15.8. The minimum Gasteiger partial charge on any atom is -0.344 e. The van der Waals surface area contributed by atoms with Gasteiger partial charge in [0.2, 0.25) is 0 Å². The molecule has 2 aromatic rings. The Balaban J connectivity index is 1.67. The summed E-state index contributed by atoms with van der Waals surface area (Å²) in [6.07, 6.45) is 0.954. The Labute approximate surface area is 148 Å². The molecule has 1 amide bonds. The third-order valence-corrected chi connectivity index (χ3v) is 4.76. The van der Waals surface area contributed by atoms with E-state index in [1.54, 1.807) is 6.07 Å². The number of amides is 1. The Morgan fingerprint density at radius 3 is 2.68 bits per heavy atom. The molecule has 0 fully saturated rings. The zero-order chi connectivity index (χ0) is 15.5. The van der Waals surface area contributed by atoms with Crippen molar-refractivity contribution in [2.75, 3.05) is 6.54 Å². The molecule has 1 aliphatic heterocycles. The Kier molecular flexibility index (Phi) is 4.73. The Hall–Kier alpha value is -1.47. The first-order valence-corrected chi connectivity index (χ1v) is 8.55. The van der Waals surface area contributed by atoms with E-state index < -0.39 is 0 Å². The molecule has 1 aliphatic rings. The largest absolute Gasteiger partial charge is 0.344 e. The number of hydrogen-bond acceptors (Lipinski definition) is 2. The van der Waals surface area contributed by atoms with E-state index in [4.69, 9.17) is 12.2 Å². The summed E-state index contributed by atoms with van der Waals surface area (Å²) >= 11 is 7.60. The van der Waals surface area contributed by atoms with Crippen LogP contribution < -0.4 is 5.32 Å². The molecule has 22 heavy (non-hydrogen) atoms. The van der Waals surface area contributed by atoms with Crippen LogP contribution in [0.3, 0.4) is 0 Å². The van der Waals surface area contributed by atoms with Crippen LogP contribution in [0, 0.1) is 3.57 Å². The number of nitrogens with zero attached hydrogens (tertiary/aromatic N) is 1. The van der Waals surface area contributed by atoms with Gasteiger partial charge in [0.1, 0.15) is 0 Å². The Morgan fingerprint density at radius 2 is 1.91 bits per heavy atom. The first kappa shape index (κ1) is 15.4. The third kappa shape index (κ3) is 3.47. The molecule has 0 saturated heterocycles. The number of rotatable bonds is 1. The number of halogens is 1. The van der Waals surface area contributed by atoms with Gasteiger partial charge in [0.15, 0.2) is 5.11 Å². The minimum atomic E-state index is -0.151. The molecule has 0 radical (unpaired) electrons. The number of carbonyl (C=O) groups excluding carboxylic acids is 1. The average Bonchev–Trinajstić information content (AvgIpc) is 2.54. The van der Waals surface area contributed by atoms with Gasteiger partial charge in [-0.2, -0.15) is 0 Å². The molecule has 0 atom stereocenters. The summed E-state index contributed by atoms with van der Waals surface area (Å²) in [5.74, 6) is -0.151. The van der Waals surface area contributed by atoms with Gasteiger partial charge in [-0.05, 0) is 70.6 Å². The minimum absolute atomic E-state index is 0.151. The van der Waals surface area contributed by atoms with E-state index in [0.717, 1.165) is 23.1 Å². The highest BCUT2D eigenvalue weighted by Crippen LogP contribution is 2.18. The Bertz CT molecular complexity index is 732. The molecular formula is C17H15IN2OS. The van der Waals surface area contributed by atoms with E-state index in [-0.39, 0.29) is 5.91 Å². The molecular weight excluding hydrogens is 407 g/mol. The quantitative estimate of drug-likeness (QED) is 0.565. The maximum Gasteiger partial charge on any atom is 0.257 e. The lowest BCUT2D eigenvalue weighted by Gasteiger charge is -2.30. The number of nitrogens with one attached hydrogen (secondary N) is 1. The molecule has 0 saturated carbocycles. The fourth-order valence-corrected chi connectivity index (χ4v) is 3.34. The Morgan fingerprint density at radius 1 is 1.14 bits per heavy atom. The van der Waals surface area contributed by atoms with Crippen LogP contribution in [0.1, 0.15) is 21.5 Å². The molecule has 5 heteroatoms. The molecule has 3 nitrogen and oxygen atoms in total. The van der Waals surface area contributed by atoms with Crippen LogP contribution >= 0.6 is 34.8 Å². The van der Waals surface area contributed by atoms with Crippen LogP contribution in [0.4, 0.5) is 0 Å². The summed E-state index contributed by atoms with van der Waals surface area (Å²) in [5, 5.41) is 3.34. The van der Waals surface area contributed by atoms with E-state index in [0.29, 0.717) is 10.7 Å². The third-order valence-electron chi connectivity index (χ3n) is 3.73. The summed E-state index contributed by atoms with van der Waals surface area (Å²) in [7, 11) is 0. The van der Waals surface area contributed by atoms with Crippen LogP contribution in [0.15, 0.2) is 48.5 Å². The fourth-order valence-electron chi connectivity index (χ4n) is 2.55. The summed E-state index contributed by atoms with van der Waals surface area (Å²) in [5.41, 5.74) is 3.27. The number of hydrogen-bond donors (Lipinski definition) is 1. The first-order valence-electron chi connectivity index (χ1n) is 7.06. The van der Waals surface area contributed by atoms with Crippen LogP contribution in [0.5, 0.6) is 0 Å². The normalized spacial score (nSPS) is 13.4. The van der Waals surface area contributed by atoms with Crippen molar-refractivity contribution in [3.05, 3.63) is 68.8 Å². The van der Waals surface area contributed by atoms with Crippen molar-refractivity contribution < 1.29 is 4.79 Å². The lowest BCUT2D eigenvalue weighted by molar-refractivity contribution is 0.0972. The SMILES string of the molecule is O=C(NC(=S)N1CCc2ccccc2C1)c1cccc(I)c1. The number of benzene rings is 2. The number of carbonyl (C=O) groups is 1. The molecule has 2 aromatic carbocycles. The molecule has 112 valence electrons. The monoisotopic (exact) mass is 422 g/mol. The second kappa shape index (κ2) is 6.75. The summed E-state index contributed by atoms with van der Waals surface area (Å²) in [6.45, 7) is 1.59. The van der Waals surface area contributed by atoms with Crippen LogP contribution in [-0.4, -0.2) is 22.5 Å². The second-order valence-electron chi connectivity index (χ2n) is 5.21. The molecule has 0 bridgehead atoms. The van der Waals surface area contributed by atoms with Crippen molar-refractivity contribution in [2.45, 2.75) is 13.0 Å². The van der Waals surface area contributed by atoms with E-state index >= 15 is 0 Å². The lowest BCUT2D eigenvalue weighted by Crippen LogP contribution is -2.44. The number of thiocarbonyl (C=S) groups is 1. The smallest absolute Gasteiger partial charge is 0.257 e. The predicted molar refractivity (Wildman–Crippen MR) is 99.8 cm³/mol.